The molecule has 28 heavy (non-hydrogen) atoms. The number of ether oxygens (including phenoxy) is 1. The lowest BCUT2D eigenvalue weighted by Gasteiger charge is -2.09. The number of anilines is 1. The van der Waals surface area contributed by atoms with Crippen LogP contribution in [0.3, 0.4) is 0 Å². The molecule has 1 amide bonds. The molecule has 0 atom stereocenters. The van der Waals surface area contributed by atoms with Gasteiger partial charge in [-0.3, -0.25) is 9.78 Å². The molecule has 3 aromatic heterocycles. The van der Waals surface area contributed by atoms with E-state index in [0.29, 0.717) is 17.2 Å². The molecule has 0 radical (unpaired) electrons. The molecule has 0 unspecified atom stereocenters. The Bertz CT molecular complexity index is 1120. The third-order valence-corrected chi connectivity index (χ3v) is 4.28. The molecule has 0 aliphatic rings. The first-order valence-electron chi connectivity index (χ1n) is 8.87. The molecule has 140 valence electrons. The van der Waals surface area contributed by atoms with E-state index in [-0.39, 0.29) is 12.5 Å². The van der Waals surface area contributed by atoms with Gasteiger partial charge in [0, 0.05) is 17.6 Å². The smallest absolute Gasteiger partial charge is 0.262 e. The number of aryl methyl sites for hydroxylation is 2. The molecule has 7 nitrogen and oxygen atoms in total. The summed E-state index contributed by atoms with van der Waals surface area (Å²) in [6, 6.07) is 15.1. The molecular formula is C21H19N5O2. The molecular weight excluding hydrogens is 354 g/mol. The highest BCUT2D eigenvalue weighted by molar-refractivity contribution is 5.91. The van der Waals surface area contributed by atoms with E-state index in [4.69, 9.17) is 4.74 Å². The minimum atomic E-state index is -0.278. The van der Waals surface area contributed by atoms with Crippen molar-refractivity contribution in [3.8, 4) is 11.6 Å². The van der Waals surface area contributed by atoms with Gasteiger partial charge in [-0.05, 0) is 43.7 Å². The van der Waals surface area contributed by atoms with Crippen molar-refractivity contribution in [2.24, 2.45) is 0 Å². The topological polar surface area (TPSA) is 81.9 Å². The Kier molecular flexibility index (Phi) is 4.72. The van der Waals surface area contributed by atoms with Gasteiger partial charge in [0.25, 0.3) is 5.91 Å². The van der Waals surface area contributed by atoms with Crippen LogP contribution >= 0.6 is 0 Å². The third kappa shape index (κ3) is 3.55. The van der Waals surface area contributed by atoms with Crippen molar-refractivity contribution in [1.29, 1.82) is 0 Å². The Morgan fingerprint density at radius 3 is 2.71 bits per heavy atom. The van der Waals surface area contributed by atoms with E-state index < -0.39 is 0 Å². The number of hydrogen-bond acceptors (Lipinski definition) is 5. The average Bonchev–Trinajstić information content (AvgIpc) is 3.05. The summed E-state index contributed by atoms with van der Waals surface area (Å²) < 4.78 is 7.44. The average molecular weight is 373 g/mol. The molecule has 0 saturated carbocycles. The predicted octanol–water partition coefficient (Wildman–Crippen LogP) is 3.45. The second-order valence-electron chi connectivity index (χ2n) is 6.39. The van der Waals surface area contributed by atoms with E-state index in [1.54, 1.807) is 29.2 Å². The highest BCUT2D eigenvalue weighted by atomic mass is 16.5. The number of fused-ring (bicyclic) bond motifs is 1. The maximum Gasteiger partial charge on any atom is 0.262 e. The Hall–Kier alpha value is -3.74. The molecule has 0 bridgehead atoms. The predicted molar refractivity (Wildman–Crippen MR) is 107 cm³/mol. The number of pyridine rings is 2. The van der Waals surface area contributed by atoms with Crippen molar-refractivity contribution in [3.63, 3.8) is 0 Å². The van der Waals surface area contributed by atoms with Gasteiger partial charge in [0.2, 0.25) is 5.88 Å². The largest absolute Gasteiger partial charge is 0.467 e. The van der Waals surface area contributed by atoms with Crippen LogP contribution in [0.5, 0.6) is 5.88 Å². The number of carbonyl (C=O) groups excluding carboxylic acids is 1. The number of carbonyl (C=O) groups is 1. The van der Waals surface area contributed by atoms with E-state index in [9.17, 15) is 4.79 Å². The molecule has 0 saturated heterocycles. The lowest BCUT2D eigenvalue weighted by Crippen LogP contribution is -2.20. The first kappa shape index (κ1) is 17.7. The Morgan fingerprint density at radius 1 is 1.14 bits per heavy atom. The number of amides is 1. The fraction of sp³-hybridized carbons (Fsp3) is 0.143. The highest BCUT2D eigenvalue weighted by Crippen LogP contribution is 2.26. The van der Waals surface area contributed by atoms with Gasteiger partial charge in [-0.1, -0.05) is 18.2 Å². The van der Waals surface area contributed by atoms with Crippen LogP contribution < -0.4 is 10.1 Å². The van der Waals surface area contributed by atoms with Crippen LogP contribution in [-0.4, -0.2) is 32.3 Å². The molecule has 0 spiro atoms. The van der Waals surface area contributed by atoms with Crippen molar-refractivity contribution in [1.82, 2.24) is 19.7 Å². The Morgan fingerprint density at radius 2 is 1.96 bits per heavy atom. The fourth-order valence-corrected chi connectivity index (χ4v) is 3.07. The van der Waals surface area contributed by atoms with Crippen molar-refractivity contribution >= 4 is 22.6 Å². The van der Waals surface area contributed by atoms with Gasteiger partial charge in [-0.15, -0.1) is 0 Å². The SMILES string of the molecule is Cc1cc(OCC(=O)Nc2cccnc2)nc2c1c(C)nn2-c1ccccc1. The molecule has 3 heterocycles. The molecule has 0 fully saturated rings. The van der Waals surface area contributed by atoms with Crippen LogP contribution in [0.1, 0.15) is 11.3 Å². The van der Waals surface area contributed by atoms with Crippen molar-refractivity contribution < 1.29 is 9.53 Å². The van der Waals surface area contributed by atoms with Crippen molar-refractivity contribution in [3.05, 3.63) is 72.2 Å². The van der Waals surface area contributed by atoms with Crippen LogP contribution in [-0.2, 0) is 4.79 Å². The highest BCUT2D eigenvalue weighted by Gasteiger charge is 2.15. The van der Waals surface area contributed by atoms with Crippen LogP contribution in [0.4, 0.5) is 5.69 Å². The standard InChI is InChI=1S/C21H19N5O2/c1-14-11-19(28-13-18(27)23-16-7-6-10-22-12-16)24-21-20(14)15(2)25-26(21)17-8-4-3-5-9-17/h3-12H,13H2,1-2H3,(H,23,27). The fourth-order valence-electron chi connectivity index (χ4n) is 3.07. The second-order valence-corrected chi connectivity index (χ2v) is 6.39. The zero-order valence-electron chi connectivity index (χ0n) is 15.6. The first-order valence-corrected chi connectivity index (χ1v) is 8.87. The maximum absolute atomic E-state index is 12.1. The Balaban J connectivity index is 1.59. The number of benzene rings is 1. The zero-order valence-corrected chi connectivity index (χ0v) is 15.6. The monoisotopic (exact) mass is 373 g/mol. The van der Waals surface area contributed by atoms with Crippen LogP contribution in [0.2, 0.25) is 0 Å². The minimum Gasteiger partial charge on any atom is -0.467 e. The summed E-state index contributed by atoms with van der Waals surface area (Å²) in [7, 11) is 0. The summed E-state index contributed by atoms with van der Waals surface area (Å²) in [5.41, 5.74) is 4.12. The van der Waals surface area contributed by atoms with Gasteiger partial charge in [0.15, 0.2) is 12.3 Å². The van der Waals surface area contributed by atoms with Gasteiger partial charge >= 0.3 is 0 Å². The summed E-state index contributed by atoms with van der Waals surface area (Å²) in [5.74, 6) is 0.101. The summed E-state index contributed by atoms with van der Waals surface area (Å²) in [6.07, 6.45) is 3.22. The third-order valence-electron chi connectivity index (χ3n) is 4.28. The van der Waals surface area contributed by atoms with Crippen LogP contribution in [0, 0.1) is 13.8 Å². The van der Waals surface area contributed by atoms with E-state index in [0.717, 1.165) is 22.3 Å². The summed E-state index contributed by atoms with van der Waals surface area (Å²) >= 11 is 0. The molecule has 1 aromatic carbocycles. The number of nitrogens with zero attached hydrogens (tertiary/aromatic N) is 4. The van der Waals surface area contributed by atoms with Crippen molar-refractivity contribution in [2.45, 2.75) is 13.8 Å². The molecule has 0 aliphatic carbocycles. The lowest BCUT2D eigenvalue weighted by molar-refractivity contribution is -0.118. The van der Waals surface area contributed by atoms with Gasteiger partial charge in [-0.2, -0.15) is 10.1 Å². The van der Waals surface area contributed by atoms with E-state index in [2.05, 4.69) is 20.4 Å². The number of para-hydroxylation sites is 1. The second kappa shape index (κ2) is 7.48. The number of aromatic nitrogens is 4. The van der Waals surface area contributed by atoms with E-state index >= 15 is 0 Å². The maximum atomic E-state index is 12.1. The van der Waals surface area contributed by atoms with Crippen molar-refractivity contribution in [2.75, 3.05) is 11.9 Å². The van der Waals surface area contributed by atoms with E-state index in [1.807, 2.05) is 50.2 Å². The minimum absolute atomic E-state index is 0.148. The number of rotatable bonds is 5. The number of nitrogens with one attached hydrogen (secondary N) is 1. The molecule has 7 heteroatoms. The van der Waals surface area contributed by atoms with Gasteiger partial charge in [-0.25, -0.2) is 4.68 Å². The molecule has 4 aromatic rings. The van der Waals surface area contributed by atoms with Crippen LogP contribution in [0.15, 0.2) is 60.9 Å². The normalized spacial score (nSPS) is 10.8. The molecule has 4 rings (SSSR count). The van der Waals surface area contributed by atoms with Crippen LogP contribution in [0.25, 0.3) is 16.7 Å². The summed E-state index contributed by atoms with van der Waals surface area (Å²) in [5, 5.41) is 8.34. The lowest BCUT2D eigenvalue weighted by atomic mass is 10.2. The summed E-state index contributed by atoms with van der Waals surface area (Å²) in [6.45, 7) is 3.79. The molecule has 0 aliphatic heterocycles. The van der Waals surface area contributed by atoms with Gasteiger partial charge in [0.05, 0.1) is 23.3 Å². The molecule has 1 N–H and O–H groups in total. The van der Waals surface area contributed by atoms with Gasteiger partial charge < -0.3 is 10.1 Å². The number of hydrogen-bond donors (Lipinski definition) is 1. The first-order chi connectivity index (χ1) is 13.6. The van der Waals surface area contributed by atoms with E-state index in [1.165, 1.54) is 0 Å². The Labute approximate surface area is 162 Å². The van der Waals surface area contributed by atoms with Gasteiger partial charge in [0.1, 0.15) is 0 Å². The summed E-state index contributed by atoms with van der Waals surface area (Å²) in [4.78, 5) is 20.7. The quantitative estimate of drug-likeness (QED) is 0.579. The zero-order chi connectivity index (χ0) is 19.5.